The van der Waals surface area contributed by atoms with Gasteiger partial charge in [-0.25, -0.2) is 0 Å². The molecule has 0 saturated heterocycles. The molecule has 0 spiro atoms. The van der Waals surface area contributed by atoms with Gasteiger partial charge >= 0.3 is 0 Å². The van der Waals surface area contributed by atoms with Crippen molar-refractivity contribution in [3.05, 3.63) is 71.4 Å². The number of hydrogen-bond donors (Lipinski definition) is 0. The molecule has 0 fully saturated rings. The average Bonchev–Trinajstić information content (AvgIpc) is 3.06. The van der Waals surface area contributed by atoms with Crippen molar-refractivity contribution in [3.8, 4) is 5.75 Å². The predicted octanol–water partition coefficient (Wildman–Crippen LogP) is 4.11. The molecule has 0 aliphatic carbocycles. The summed E-state index contributed by atoms with van der Waals surface area (Å²) in [7, 11) is 0. The molecule has 1 aliphatic rings. The number of carbonyl (C=O) groups excluding carboxylic acids is 2. The third-order valence-electron chi connectivity index (χ3n) is 5.39. The first-order valence-corrected chi connectivity index (χ1v) is 11.3. The first kappa shape index (κ1) is 23.5. The Morgan fingerprint density at radius 3 is 2.22 bits per heavy atom. The Bertz CT molecular complexity index is 938. The van der Waals surface area contributed by atoms with E-state index in [4.69, 9.17) is 9.47 Å². The van der Waals surface area contributed by atoms with Crippen molar-refractivity contribution in [1.82, 2.24) is 9.80 Å². The molecule has 1 aliphatic heterocycles. The minimum absolute atomic E-state index is 0.242. The zero-order chi connectivity index (χ0) is 22.9. The van der Waals surface area contributed by atoms with E-state index in [2.05, 4.69) is 0 Å². The van der Waals surface area contributed by atoms with Crippen LogP contribution in [0.1, 0.15) is 38.3 Å². The lowest BCUT2D eigenvalue weighted by atomic mass is 10.0. The Hall–Kier alpha value is -3.12. The lowest BCUT2D eigenvalue weighted by molar-refractivity contribution is -0.137. The van der Waals surface area contributed by atoms with Crippen LogP contribution in [0.3, 0.4) is 0 Å². The minimum atomic E-state index is -0.253. The van der Waals surface area contributed by atoms with Gasteiger partial charge in [-0.3, -0.25) is 14.5 Å². The zero-order valence-corrected chi connectivity index (χ0v) is 19.2. The highest BCUT2D eigenvalue weighted by Gasteiger charge is 2.40. The molecule has 1 heterocycles. The van der Waals surface area contributed by atoms with Crippen LogP contribution in [0.15, 0.2) is 60.3 Å². The van der Waals surface area contributed by atoms with Crippen LogP contribution in [0.5, 0.6) is 5.75 Å². The number of rotatable bonds is 12. The molecule has 2 aromatic rings. The highest BCUT2D eigenvalue weighted by atomic mass is 16.5. The molecule has 0 radical (unpaired) electrons. The first-order chi connectivity index (χ1) is 15.6. The fraction of sp³-hybridized carbons (Fsp3) is 0.385. The summed E-state index contributed by atoms with van der Waals surface area (Å²) >= 11 is 0. The average molecular weight is 437 g/mol. The molecule has 2 amide bonds. The summed E-state index contributed by atoms with van der Waals surface area (Å²) in [5.74, 6) is 0.241. The molecule has 3 rings (SSSR count). The van der Waals surface area contributed by atoms with Crippen molar-refractivity contribution in [2.24, 2.45) is 0 Å². The lowest BCUT2D eigenvalue weighted by Gasteiger charge is -2.25. The largest absolute Gasteiger partial charge is 0.494 e. The predicted molar refractivity (Wildman–Crippen MR) is 125 cm³/mol. The van der Waals surface area contributed by atoms with Crippen molar-refractivity contribution in [1.29, 1.82) is 0 Å². The maximum absolute atomic E-state index is 13.5. The van der Waals surface area contributed by atoms with Gasteiger partial charge in [0.15, 0.2) is 0 Å². The zero-order valence-electron chi connectivity index (χ0n) is 19.2. The van der Waals surface area contributed by atoms with Crippen molar-refractivity contribution in [2.75, 3.05) is 32.9 Å². The van der Waals surface area contributed by atoms with Gasteiger partial charge < -0.3 is 14.4 Å². The summed E-state index contributed by atoms with van der Waals surface area (Å²) in [6.07, 6.45) is 0.611. The summed E-state index contributed by atoms with van der Waals surface area (Å²) in [5.41, 5.74) is 2.72. The van der Waals surface area contributed by atoms with Gasteiger partial charge in [0.05, 0.1) is 12.2 Å². The van der Waals surface area contributed by atoms with Crippen LogP contribution in [0.2, 0.25) is 0 Å². The van der Waals surface area contributed by atoms with Crippen molar-refractivity contribution >= 4 is 17.4 Å². The standard InChI is InChI=1S/C26H32N2O4/c1-4-27(19-20-11-8-7-9-12-20)24-23(21-13-15-22(16-14-21)32-6-3)25(29)28(26(24)30)17-10-18-31-5-2/h7-9,11-16H,4-6,10,17-19H2,1-3H3. The van der Waals surface area contributed by atoms with Gasteiger partial charge in [0.25, 0.3) is 11.8 Å². The van der Waals surface area contributed by atoms with Crippen LogP contribution in [0, 0.1) is 0 Å². The van der Waals surface area contributed by atoms with Gasteiger partial charge in [-0.15, -0.1) is 0 Å². The molecule has 0 unspecified atom stereocenters. The van der Waals surface area contributed by atoms with Crippen LogP contribution in [-0.4, -0.2) is 54.5 Å². The van der Waals surface area contributed by atoms with Gasteiger partial charge in [0.2, 0.25) is 0 Å². The Labute approximate surface area is 190 Å². The number of hydrogen-bond acceptors (Lipinski definition) is 5. The quantitative estimate of drug-likeness (QED) is 0.370. The summed E-state index contributed by atoms with van der Waals surface area (Å²) in [5, 5.41) is 0. The normalized spacial score (nSPS) is 13.8. The maximum Gasteiger partial charge on any atom is 0.277 e. The summed E-state index contributed by atoms with van der Waals surface area (Å²) in [4.78, 5) is 30.2. The third-order valence-corrected chi connectivity index (χ3v) is 5.39. The van der Waals surface area contributed by atoms with E-state index in [9.17, 15) is 9.59 Å². The van der Waals surface area contributed by atoms with Gasteiger partial charge in [0.1, 0.15) is 11.4 Å². The van der Waals surface area contributed by atoms with Crippen LogP contribution in [0.4, 0.5) is 0 Å². The van der Waals surface area contributed by atoms with E-state index in [1.165, 1.54) is 4.90 Å². The summed E-state index contributed by atoms with van der Waals surface area (Å²) in [6, 6.07) is 17.4. The van der Waals surface area contributed by atoms with Crippen LogP contribution in [0.25, 0.3) is 5.57 Å². The Morgan fingerprint density at radius 1 is 0.875 bits per heavy atom. The monoisotopic (exact) mass is 436 g/mol. The van der Waals surface area contributed by atoms with Crippen LogP contribution in [-0.2, 0) is 20.9 Å². The van der Waals surface area contributed by atoms with Gasteiger partial charge in [-0.2, -0.15) is 0 Å². The fourth-order valence-corrected chi connectivity index (χ4v) is 3.83. The van der Waals surface area contributed by atoms with Crippen molar-refractivity contribution < 1.29 is 19.1 Å². The molecular weight excluding hydrogens is 404 g/mol. The molecule has 0 bridgehead atoms. The number of carbonyl (C=O) groups is 2. The van der Waals surface area contributed by atoms with E-state index in [1.807, 2.05) is 80.3 Å². The van der Waals surface area contributed by atoms with Gasteiger partial charge in [-0.05, 0) is 50.5 Å². The van der Waals surface area contributed by atoms with E-state index in [0.29, 0.717) is 57.1 Å². The molecule has 32 heavy (non-hydrogen) atoms. The highest BCUT2D eigenvalue weighted by Crippen LogP contribution is 2.33. The fourth-order valence-electron chi connectivity index (χ4n) is 3.83. The summed E-state index contributed by atoms with van der Waals surface area (Å²) < 4.78 is 10.9. The van der Waals surface area contributed by atoms with Gasteiger partial charge in [0, 0.05) is 32.8 Å². The Balaban J connectivity index is 1.96. The number of likely N-dealkylation sites (N-methyl/N-ethyl adjacent to an activating group) is 1. The molecule has 6 nitrogen and oxygen atoms in total. The number of amides is 2. The molecule has 0 aromatic heterocycles. The Morgan fingerprint density at radius 2 is 1.59 bits per heavy atom. The second kappa shape index (κ2) is 11.5. The highest BCUT2D eigenvalue weighted by molar-refractivity contribution is 6.35. The molecular formula is C26H32N2O4. The molecule has 6 heteroatoms. The first-order valence-electron chi connectivity index (χ1n) is 11.3. The van der Waals surface area contributed by atoms with Crippen molar-refractivity contribution in [2.45, 2.75) is 33.7 Å². The van der Waals surface area contributed by atoms with Crippen LogP contribution >= 0.6 is 0 Å². The smallest absolute Gasteiger partial charge is 0.277 e. The Kier molecular flexibility index (Phi) is 8.45. The molecule has 2 aromatic carbocycles. The molecule has 0 N–H and O–H groups in total. The van der Waals surface area contributed by atoms with E-state index in [-0.39, 0.29) is 11.8 Å². The van der Waals surface area contributed by atoms with E-state index in [0.717, 1.165) is 16.9 Å². The molecule has 0 saturated carbocycles. The molecule has 0 atom stereocenters. The topological polar surface area (TPSA) is 59.1 Å². The number of ether oxygens (including phenoxy) is 2. The van der Waals surface area contributed by atoms with Crippen molar-refractivity contribution in [3.63, 3.8) is 0 Å². The number of benzene rings is 2. The lowest BCUT2D eigenvalue weighted by Crippen LogP contribution is -2.36. The van der Waals surface area contributed by atoms with E-state index in [1.54, 1.807) is 0 Å². The van der Waals surface area contributed by atoms with Crippen LogP contribution < -0.4 is 4.74 Å². The second-order valence-electron chi connectivity index (χ2n) is 7.49. The summed E-state index contributed by atoms with van der Waals surface area (Å²) in [6.45, 7) is 9.06. The molecule has 170 valence electrons. The van der Waals surface area contributed by atoms with E-state index < -0.39 is 0 Å². The third kappa shape index (κ3) is 5.37. The number of imide groups is 1. The SMILES string of the molecule is CCOCCCN1C(=O)C(c2ccc(OCC)cc2)=C(N(CC)Cc2ccccc2)C1=O. The number of nitrogens with zero attached hydrogens (tertiary/aromatic N) is 2. The van der Waals surface area contributed by atoms with E-state index >= 15 is 0 Å². The van der Waals surface area contributed by atoms with Gasteiger partial charge in [-0.1, -0.05) is 42.5 Å². The second-order valence-corrected chi connectivity index (χ2v) is 7.49. The minimum Gasteiger partial charge on any atom is -0.494 e. The maximum atomic E-state index is 13.5.